The van der Waals surface area contributed by atoms with E-state index in [9.17, 15) is 9.59 Å². The molecule has 2 rings (SSSR count). The summed E-state index contributed by atoms with van der Waals surface area (Å²) < 4.78 is 0. The molecular formula is C19H27N3O2. The Kier molecular flexibility index (Phi) is 7.00. The van der Waals surface area contributed by atoms with E-state index in [1.165, 1.54) is 32.1 Å². The van der Waals surface area contributed by atoms with Gasteiger partial charge in [-0.3, -0.25) is 9.59 Å². The van der Waals surface area contributed by atoms with Gasteiger partial charge in [-0.15, -0.1) is 6.58 Å². The van der Waals surface area contributed by atoms with Gasteiger partial charge in [-0.25, -0.2) is 0 Å². The maximum atomic E-state index is 12.2. The van der Waals surface area contributed by atoms with Gasteiger partial charge in [-0.05, 0) is 36.6 Å². The van der Waals surface area contributed by atoms with Crippen molar-refractivity contribution in [1.29, 1.82) is 0 Å². The van der Waals surface area contributed by atoms with E-state index >= 15 is 0 Å². The van der Waals surface area contributed by atoms with Crippen molar-refractivity contribution in [2.45, 2.75) is 44.6 Å². The summed E-state index contributed by atoms with van der Waals surface area (Å²) in [5.74, 6) is 0.238. The molecule has 2 amide bonds. The second-order valence-corrected chi connectivity index (χ2v) is 6.41. The third-order valence-electron chi connectivity index (χ3n) is 4.47. The highest BCUT2D eigenvalue weighted by Crippen LogP contribution is 2.27. The number of hydrogen-bond donors (Lipinski definition) is 3. The van der Waals surface area contributed by atoms with Crippen LogP contribution in [0.5, 0.6) is 0 Å². The largest absolute Gasteiger partial charge is 0.349 e. The second-order valence-electron chi connectivity index (χ2n) is 6.41. The van der Waals surface area contributed by atoms with Gasteiger partial charge in [0.2, 0.25) is 5.91 Å². The van der Waals surface area contributed by atoms with E-state index in [4.69, 9.17) is 5.73 Å². The van der Waals surface area contributed by atoms with Crippen LogP contribution in [0.1, 0.15) is 48.9 Å². The lowest BCUT2D eigenvalue weighted by Gasteiger charge is -2.24. The molecule has 1 fully saturated rings. The van der Waals surface area contributed by atoms with Crippen molar-refractivity contribution in [3.8, 4) is 0 Å². The Balaban J connectivity index is 1.84. The van der Waals surface area contributed by atoms with Gasteiger partial charge in [0, 0.05) is 17.8 Å². The molecule has 130 valence electrons. The van der Waals surface area contributed by atoms with Gasteiger partial charge < -0.3 is 16.4 Å². The molecule has 5 heteroatoms. The number of nitrogens with two attached hydrogens (primary N) is 1. The second kappa shape index (κ2) is 9.23. The molecule has 0 saturated heterocycles. The fourth-order valence-electron chi connectivity index (χ4n) is 3.10. The first kappa shape index (κ1) is 18.2. The van der Waals surface area contributed by atoms with Crippen molar-refractivity contribution in [1.82, 2.24) is 5.32 Å². The summed E-state index contributed by atoms with van der Waals surface area (Å²) in [6.45, 7) is 3.98. The summed E-state index contributed by atoms with van der Waals surface area (Å²) in [6.07, 6.45) is 8.51. The van der Waals surface area contributed by atoms with Gasteiger partial charge in [0.05, 0.1) is 6.04 Å². The first-order chi connectivity index (χ1) is 11.6. The molecule has 1 aromatic rings. The minimum Gasteiger partial charge on any atom is -0.349 e. The molecule has 0 spiro atoms. The molecule has 24 heavy (non-hydrogen) atoms. The fraction of sp³-hybridized carbons (Fsp3) is 0.474. The topological polar surface area (TPSA) is 84.2 Å². The lowest BCUT2D eigenvalue weighted by atomic mass is 9.85. The number of hydrogen-bond acceptors (Lipinski definition) is 3. The van der Waals surface area contributed by atoms with Crippen molar-refractivity contribution in [3.63, 3.8) is 0 Å². The van der Waals surface area contributed by atoms with Crippen LogP contribution in [-0.2, 0) is 4.79 Å². The van der Waals surface area contributed by atoms with Crippen LogP contribution >= 0.6 is 0 Å². The lowest BCUT2D eigenvalue weighted by molar-refractivity contribution is -0.117. The Morgan fingerprint density at radius 3 is 2.50 bits per heavy atom. The molecule has 1 aliphatic rings. The highest BCUT2D eigenvalue weighted by molar-refractivity contribution is 5.97. The van der Waals surface area contributed by atoms with E-state index in [-0.39, 0.29) is 11.8 Å². The third kappa shape index (κ3) is 5.49. The zero-order chi connectivity index (χ0) is 17.4. The smallest absolute Gasteiger partial charge is 0.251 e. The standard InChI is InChI=1S/C19H27N3O2/c1-2-12-21-18(23)15-8-10-16(11-9-15)22-19(24)17(20)13-14-6-4-3-5-7-14/h2,8-11,14,17H,1,3-7,12-13,20H2,(H,21,23)(H,22,24). The fourth-order valence-corrected chi connectivity index (χ4v) is 3.10. The minimum atomic E-state index is -0.483. The summed E-state index contributed by atoms with van der Waals surface area (Å²) in [6, 6.07) is 6.31. The van der Waals surface area contributed by atoms with Crippen LogP contribution in [0.15, 0.2) is 36.9 Å². The number of carbonyl (C=O) groups is 2. The van der Waals surface area contributed by atoms with Crippen LogP contribution in [0, 0.1) is 5.92 Å². The highest BCUT2D eigenvalue weighted by atomic mass is 16.2. The first-order valence-corrected chi connectivity index (χ1v) is 8.65. The highest BCUT2D eigenvalue weighted by Gasteiger charge is 2.21. The average molecular weight is 329 g/mol. The molecule has 4 N–H and O–H groups in total. The molecule has 0 aromatic heterocycles. The van der Waals surface area contributed by atoms with Gasteiger partial charge in [0.25, 0.3) is 5.91 Å². The molecule has 1 saturated carbocycles. The molecule has 1 aliphatic carbocycles. The number of carbonyl (C=O) groups excluding carboxylic acids is 2. The summed E-state index contributed by atoms with van der Waals surface area (Å²) in [7, 11) is 0. The molecular weight excluding hydrogens is 302 g/mol. The Hall–Kier alpha value is -2.14. The number of amides is 2. The van der Waals surface area contributed by atoms with Gasteiger partial charge in [0.1, 0.15) is 0 Å². The first-order valence-electron chi connectivity index (χ1n) is 8.65. The Bertz CT molecular complexity index is 562. The predicted molar refractivity (Wildman–Crippen MR) is 96.8 cm³/mol. The van der Waals surface area contributed by atoms with Gasteiger partial charge >= 0.3 is 0 Å². The van der Waals surface area contributed by atoms with Gasteiger partial charge in [-0.1, -0.05) is 38.2 Å². The third-order valence-corrected chi connectivity index (χ3v) is 4.47. The van der Waals surface area contributed by atoms with E-state index in [0.29, 0.717) is 23.7 Å². The average Bonchev–Trinajstić information content (AvgIpc) is 2.61. The minimum absolute atomic E-state index is 0.163. The normalized spacial score (nSPS) is 16.2. The maximum absolute atomic E-state index is 12.2. The monoisotopic (exact) mass is 329 g/mol. The van der Waals surface area contributed by atoms with Crippen LogP contribution < -0.4 is 16.4 Å². The zero-order valence-electron chi connectivity index (χ0n) is 14.1. The number of rotatable bonds is 7. The summed E-state index contributed by atoms with van der Waals surface area (Å²) >= 11 is 0. The molecule has 0 heterocycles. The van der Waals surface area contributed by atoms with Crippen LogP contribution in [0.2, 0.25) is 0 Å². The molecule has 1 atom stereocenters. The molecule has 0 bridgehead atoms. The van der Waals surface area contributed by atoms with Gasteiger partial charge in [-0.2, -0.15) is 0 Å². The molecule has 0 radical (unpaired) electrons. The van der Waals surface area contributed by atoms with Crippen molar-refractivity contribution >= 4 is 17.5 Å². The van der Waals surface area contributed by atoms with Crippen molar-refractivity contribution < 1.29 is 9.59 Å². The van der Waals surface area contributed by atoms with E-state index in [0.717, 1.165) is 6.42 Å². The quantitative estimate of drug-likeness (QED) is 0.673. The Labute approximate surface area is 143 Å². The SMILES string of the molecule is C=CCNC(=O)c1ccc(NC(=O)C(N)CC2CCCCC2)cc1. The number of benzene rings is 1. The van der Waals surface area contributed by atoms with Crippen LogP contribution in [0.25, 0.3) is 0 Å². The van der Waals surface area contributed by atoms with Crippen LogP contribution in [-0.4, -0.2) is 24.4 Å². The summed E-state index contributed by atoms with van der Waals surface area (Å²) in [4.78, 5) is 24.0. The summed E-state index contributed by atoms with van der Waals surface area (Å²) in [5.41, 5.74) is 7.24. The van der Waals surface area contributed by atoms with E-state index in [2.05, 4.69) is 17.2 Å². The maximum Gasteiger partial charge on any atom is 0.251 e. The summed E-state index contributed by atoms with van der Waals surface area (Å²) in [5, 5.41) is 5.54. The van der Waals surface area contributed by atoms with Crippen LogP contribution in [0.4, 0.5) is 5.69 Å². The number of anilines is 1. The van der Waals surface area contributed by atoms with Crippen molar-refractivity contribution in [2.24, 2.45) is 11.7 Å². The number of nitrogens with one attached hydrogen (secondary N) is 2. The van der Waals surface area contributed by atoms with Crippen molar-refractivity contribution in [2.75, 3.05) is 11.9 Å². The molecule has 1 unspecified atom stereocenters. The molecule has 0 aliphatic heterocycles. The van der Waals surface area contributed by atoms with Crippen molar-refractivity contribution in [3.05, 3.63) is 42.5 Å². The molecule has 5 nitrogen and oxygen atoms in total. The molecule has 1 aromatic carbocycles. The van der Waals surface area contributed by atoms with E-state index in [1.54, 1.807) is 30.3 Å². The Morgan fingerprint density at radius 1 is 1.21 bits per heavy atom. The Morgan fingerprint density at radius 2 is 1.88 bits per heavy atom. The van der Waals surface area contributed by atoms with Crippen LogP contribution in [0.3, 0.4) is 0 Å². The lowest BCUT2D eigenvalue weighted by Crippen LogP contribution is -2.37. The predicted octanol–water partition coefficient (Wildman–Crippen LogP) is 2.84. The van der Waals surface area contributed by atoms with E-state index in [1.807, 2.05) is 0 Å². The zero-order valence-corrected chi connectivity index (χ0v) is 14.1. The van der Waals surface area contributed by atoms with E-state index < -0.39 is 6.04 Å². The van der Waals surface area contributed by atoms with Gasteiger partial charge in [0.15, 0.2) is 0 Å².